The minimum absolute atomic E-state index is 0.306. The van der Waals surface area contributed by atoms with Crippen LogP contribution in [0.2, 0.25) is 0 Å². The van der Waals surface area contributed by atoms with E-state index in [9.17, 15) is 5.11 Å². The summed E-state index contributed by atoms with van der Waals surface area (Å²) in [6.07, 6.45) is -0.546. The van der Waals surface area contributed by atoms with E-state index < -0.39 is 6.10 Å². The highest BCUT2D eigenvalue weighted by Gasteiger charge is 2.09. The standard InChI is InChI=1S/C17H21NO2S/c19-17(14-20-13-16-9-5-2-6-10-16)12-18(21)11-15-7-3-1-4-8-15/h1-10,17,19,21H,11-14H2. The summed E-state index contributed by atoms with van der Waals surface area (Å²) in [5, 5.41) is 9.96. The van der Waals surface area contributed by atoms with Gasteiger partial charge in [0.05, 0.1) is 19.3 Å². The molecule has 0 spiro atoms. The van der Waals surface area contributed by atoms with E-state index in [0.29, 0.717) is 26.3 Å². The number of ether oxygens (including phenoxy) is 1. The van der Waals surface area contributed by atoms with Crippen LogP contribution in [0.1, 0.15) is 11.1 Å². The second-order valence-electron chi connectivity index (χ2n) is 4.99. The van der Waals surface area contributed by atoms with Gasteiger partial charge < -0.3 is 9.84 Å². The first kappa shape index (κ1) is 16.0. The molecule has 1 N–H and O–H groups in total. The first-order chi connectivity index (χ1) is 10.2. The van der Waals surface area contributed by atoms with Crippen LogP contribution in [-0.2, 0) is 17.9 Å². The highest BCUT2D eigenvalue weighted by atomic mass is 32.1. The number of rotatable bonds is 8. The summed E-state index contributed by atoms with van der Waals surface area (Å²) in [6.45, 7) is 1.98. The van der Waals surface area contributed by atoms with E-state index in [1.54, 1.807) is 4.31 Å². The fraction of sp³-hybridized carbons (Fsp3) is 0.294. The van der Waals surface area contributed by atoms with Crippen LogP contribution in [0.15, 0.2) is 60.7 Å². The fourth-order valence-corrected chi connectivity index (χ4v) is 2.39. The summed E-state index contributed by atoms with van der Waals surface area (Å²) in [4.78, 5) is 0. The average molecular weight is 303 g/mol. The number of aliphatic hydroxyl groups is 1. The molecule has 0 bridgehead atoms. The quantitative estimate of drug-likeness (QED) is 0.736. The number of benzene rings is 2. The van der Waals surface area contributed by atoms with Crippen molar-refractivity contribution in [2.75, 3.05) is 13.2 Å². The van der Waals surface area contributed by atoms with Gasteiger partial charge in [-0.25, -0.2) is 4.31 Å². The van der Waals surface area contributed by atoms with Crippen LogP contribution >= 0.6 is 12.8 Å². The third-order valence-corrected chi connectivity index (χ3v) is 3.36. The third kappa shape index (κ3) is 6.31. The predicted octanol–water partition coefficient (Wildman–Crippen LogP) is 2.91. The van der Waals surface area contributed by atoms with Crippen LogP contribution in [0.4, 0.5) is 0 Å². The number of hydrogen-bond donors (Lipinski definition) is 2. The van der Waals surface area contributed by atoms with E-state index in [4.69, 9.17) is 4.74 Å². The van der Waals surface area contributed by atoms with Crippen molar-refractivity contribution < 1.29 is 9.84 Å². The Morgan fingerprint density at radius 1 is 0.952 bits per heavy atom. The smallest absolute Gasteiger partial charge is 0.0909 e. The highest BCUT2D eigenvalue weighted by molar-refractivity contribution is 7.77. The lowest BCUT2D eigenvalue weighted by atomic mass is 10.2. The molecule has 0 aliphatic carbocycles. The molecule has 3 nitrogen and oxygen atoms in total. The molecule has 0 radical (unpaired) electrons. The molecule has 2 aromatic rings. The van der Waals surface area contributed by atoms with Gasteiger partial charge in [0.2, 0.25) is 0 Å². The van der Waals surface area contributed by atoms with Crippen LogP contribution < -0.4 is 0 Å². The number of nitrogens with zero attached hydrogens (tertiary/aromatic N) is 1. The van der Waals surface area contributed by atoms with Crippen LogP contribution in [0.5, 0.6) is 0 Å². The third-order valence-electron chi connectivity index (χ3n) is 3.05. The summed E-state index contributed by atoms with van der Waals surface area (Å²) in [5.41, 5.74) is 2.28. The maximum Gasteiger partial charge on any atom is 0.0909 e. The van der Waals surface area contributed by atoms with Crippen molar-refractivity contribution in [3.8, 4) is 0 Å². The summed E-state index contributed by atoms with van der Waals surface area (Å²) >= 11 is 4.39. The molecule has 0 saturated heterocycles. The molecule has 21 heavy (non-hydrogen) atoms. The molecule has 112 valence electrons. The Morgan fingerprint density at radius 2 is 1.52 bits per heavy atom. The monoisotopic (exact) mass is 303 g/mol. The number of hydrogen-bond acceptors (Lipinski definition) is 4. The van der Waals surface area contributed by atoms with Crippen molar-refractivity contribution in [1.29, 1.82) is 0 Å². The molecule has 0 aliphatic rings. The van der Waals surface area contributed by atoms with E-state index in [-0.39, 0.29) is 0 Å². The molecule has 0 heterocycles. The van der Waals surface area contributed by atoms with Crippen LogP contribution in [-0.4, -0.2) is 28.7 Å². The summed E-state index contributed by atoms with van der Waals surface area (Å²) in [5.74, 6) is 0. The van der Waals surface area contributed by atoms with Crippen LogP contribution in [0, 0.1) is 0 Å². The Morgan fingerprint density at radius 3 is 2.14 bits per heavy atom. The Labute approximate surface area is 131 Å². The van der Waals surface area contributed by atoms with Gasteiger partial charge in [-0.05, 0) is 11.1 Å². The first-order valence-corrected chi connectivity index (χ1v) is 7.41. The molecule has 0 amide bonds. The largest absolute Gasteiger partial charge is 0.389 e. The fourth-order valence-electron chi connectivity index (χ4n) is 2.04. The zero-order chi connectivity index (χ0) is 14.9. The van der Waals surface area contributed by atoms with Crippen molar-refractivity contribution in [3.63, 3.8) is 0 Å². The summed E-state index contributed by atoms with van der Waals surface area (Å²) < 4.78 is 7.32. The van der Waals surface area contributed by atoms with Crippen molar-refractivity contribution in [2.24, 2.45) is 0 Å². The Balaban J connectivity index is 1.66. The number of aliphatic hydroxyl groups excluding tert-OH is 1. The van der Waals surface area contributed by atoms with Gasteiger partial charge in [0.25, 0.3) is 0 Å². The predicted molar refractivity (Wildman–Crippen MR) is 87.9 cm³/mol. The lowest BCUT2D eigenvalue weighted by Crippen LogP contribution is -2.29. The molecular weight excluding hydrogens is 282 g/mol. The van der Waals surface area contributed by atoms with E-state index in [2.05, 4.69) is 12.8 Å². The highest BCUT2D eigenvalue weighted by Crippen LogP contribution is 2.08. The molecule has 0 fully saturated rings. The van der Waals surface area contributed by atoms with Gasteiger partial charge in [-0.1, -0.05) is 73.5 Å². The topological polar surface area (TPSA) is 32.7 Å². The van der Waals surface area contributed by atoms with E-state index in [1.807, 2.05) is 60.7 Å². The van der Waals surface area contributed by atoms with Crippen molar-refractivity contribution in [2.45, 2.75) is 19.3 Å². The zero-order valence-corrected chi connectivity index (χ0v) is 12.8. The molecule has 0 saturated carbocycles. The van der Waals surface area contributed by atoms with Gasteiger partial charge in [-0.3, -0.25) is 0 Å². The maximum atomic E-state index is 9.96. The SMILES string of the molecule is OC(COCc1ccccc1)CN(S)Cc1ccccc1. The summed E-state index contributed by atoms with van der Waals surface area (Å²) in [6, 6.07) is 20.0. The second-order valence-corrected chi connectivity index (χ2v) is 5.55. The Hall–Kier alpha value is -1.33. The van der Waals surface area contributed by atoms with Gasteiger partial charge >= 0.3 is 0 Å². The van der Waals surface area contributed by atoms with Crippen molar-refractivity contribution in [1.82, 2.24) is 4.31 Å². The minimum Gasteiger partial charge on any atom is -0.389 e. The molecule has 4 heteroatoms. The molecule has 2 aromatic carbocycles. The molecule has 0 aliphatic heterocycles. The Kier molecular flexibility index (Phi) is 6.76. The van der Waals surface area contributed by atoms with E-state index in [1.165, 1.54) is 5.56 Å². The molecule has 1 unspecified atom stereocenters. The molecule has 1 atom stereocenters. The summed E-state index contributed by atoms with van der Waals surface area (Å²) in [7, 11) is 0. The first-order valence-electron chi connectivity index (χ1n) is 7.01. The lowest BCUT2D eigenvalue weighted by Gasteiger charge is -2.19. The van der Waals surface area contributed by atoms with Gasteiger partial charge in [-0.15, -0.1) is 0 Å². The Bertz CT molecular complexity index is 507. The van der Waals surface area contributed by atoms with Gasteiger partial charge in [-0.2, -0.15) is 0 Å². The second kappa shape index (κ2) is 8.85. The zero-order valence-electron chi connectivity index (χ0n) is 11.9. The maximum absolute atomic E-state index is 9.96. The lowest BCUT2D eigenvalue weighted by molar-refractivity contribution is 0.0209. The molecule has 0 aromatic heterocycles. The minimum atomic E-state index is -0.546. The van der Waals surface area contributed by atoms with E-state index >= 15 is 0 Å². The average Bonchev–Trinajstić information content (AvgIpc) is 2.49. The van der Waals surface area contributed by atoms with Gasteiger partial charge in [0.15, 0.2) is 0 Å². The van der Waals surface area contributed by atoms with Crippen molar-refractivity contribution >= 4 is 12.8 Å². The normalized spacial score (nSPS) is 12.5. The molecule has 2 rings (SSSR count). The van der Waals surface area contributed by atoms with Crippen molar-refractivity contribution in [3.05, 3.63) is 71.8 Å². The van der Waals surface area contributed by atoms with Gasteiger partial charge in [0, 0.05) is 13.1 Å². The van der Waals surface area contributed by atoms with Gasteiger partial charge in [0.1, 0.15) is 0 Å². The van der Waals surface area contributed by atoms with Crippen LogP contribution in [0.3, 0.4) is 0 Å². The van der Waals surface area contributed by atoms with Crippen LogP contribution in [0.25, 0.3) is 0 Å². The molecular formula is C17H21NO2S. The van der Waals surface area contributed by atoms with E-state index in [0.717, 1.165) is 5.56 Å². The number of thiol groups is 1.